The molecule has 3 heteroatoms. The monoisotopic (exact) mass is 288 g/mol. The Labute approximate surface area is 128 Å². The standard InChI is InChI=1S/C18H25NO2/c1-15(2)17-7-6-16(3)14-18(17)21-11-5-4-8-19-9-12-20-13-10-19/h6-7,14-15H,8-13H2,1-3H3/p+1. The molecule has 3 nitrogen and oxygen atoms in total. The summed E-state index contributed by atoms with van der Waals surface area (Å²) >= 11 is 0. The molecule has 1 N–H and O–H groups in total. The average Bonchev–Trinajstić information content (AvgIpc) is 2.48. The first-order valence-corrected chi connectivity index (χ1v) is 7.77. The van der Waals surface area contributed by atoms with Crippen LogP contribution in [-0.2, 0) is 4.74 Å². The molecule has 1 fully saturated rings. The van der Waals surface area contributed by atoms with Crippen LogP contribution in [0.3, 0.4) is 0 Å². The minimum atomic E-state index is 0.464. The zero-order chi connectivity index (χ0) is 15.1. The Balaban J connectivity index is 1.84. The van der Waals surface area contributed by atoms with E-state index < -0.39 is 0 Å². The normalized spacial score (nSPS) is 15.6. The third kappa shape index (κ3) is 5.08. The van der Waals surface area contributed by atoms with Gasteiger partial charge in [-0.3, -0.25) is 0 Å². The molecule has 2 rings (SSSR count). The topological polar surface area (TPSA) is 22.9 Å². The molecule has 0 atom stereocenters. The largest absolute Gasteiger partial charge is 0.481 e. The minimum absolute atomic E-state index is 0.464. The lowest BCUT2D eigenvalue weighted by molar-refractivity contribution is -0.900. The van der Waals surface area contributed by atoms with Crippen LogP contribution >= 0.6 is 0 Å². The third-order valence-electron chi connectivity index (χ3n) is 3.75. The molecule has 21 heavy (non-hydrogen) atoms. The molecule has 0 bridgehead atoms. The first-order chi connectivity index (χ1) is 10.2. The molecule has 0 saturated carbocycles. The summed E-state index contributed by atoms with van der Waals surface area (Å²) in [5.41, 5.74) is 2.47. The van der Waals surface area contributed by atoms with Crippen LogP contribution in [0.1, 0.15) is 30.9 Å². The predicted octanol–water partition coefficient (Wildman–Crippen LogP) is 1.42. The molecular weight excluding hydrogens is 262 g/mol. The van der Waals surface area contributed by atoms with E-state index in [0.717, 1.165) is 38.6 Å². The second kappa shape index (κ2) is 8.07. The van der Waals surface area contributed by atoms with Gasteiger partial charge in [0.05, 0.1) is 13.2 Å². The highest BCUT2D eigenvalue weighted by molar-refractivity contribution is 5.39. The maximum absolute atomic E-state index is 5.86. The van der Waals surface area contributed by atoms with Crippen molar-refractivity contribution < 1.29 is 14.4 Å². The predicted molar refractivity (Wildman–Crippen MR) is 84.9 cm³/mol. The fourth-order valence-electron chi connectivity index (χ4n) is 2.43. The molecule has 0 spiro atoms. The Morgan fingerprint density at radius 2 is 2.00 bits per heavy atom. The van der Waals surface area contributed by atoms with Gasteiger partial charge in [-0.15, -0.1) is 0 Å². The van der Waals surface area contributed by atoms with Crippen LogP contribution in [-0.4, -0.2) is 39.5 Å². The number of rotatable bonds is 4. The smallest absolute Gasteiger partial charge is 0.149 e. The number of benzene rings is 1. The molecule has 1 aliphatic rings. The fraction of sp³-hybridized carbons (Fsp3) is 0.556. The van der Waals surface area contributed by atoms with E-state index in [1.807, 2.05) is 0 Å². The van der Waals surface area contributed by atoms with E-state index in [2.05, 4.69) is 50.8 Å². The van der Waals surface area contributed by atoms with Crippen molar-refractivity contribution in [2.45, 2.75) is 26.7 Å². The van der Waals surface area contributed by atoms with E-state index in [9.17, 15) is 0 Å². The summed E-state index contributed by atoms with van der Waals surface area (Å²) in [5, 5.41) is 0. The van der Waals surface area contributed by atoms with Crippen molar-refractivity contribution in [2.24, 2.45) is 0 Å². The third-order valence-corrected chi connectivity index (χ3v) is 3.75. The van der Waals surface area contributed by atoms with E-state index in [-0.39, 0.29) is 0 Å². The van der Waals surface area contributed by atoms with Gasteiger partial charge in [-0.1, -0.05) is 31.9 Å². The fourth-order valence-corrected chi connectivity index (χ4v) is 2.43. The Kier molecular flexibility index (Phi) is 6.10. The van der Waals surface area contributed by atoms with Crippen LogP contribution < -0.4 is 9.64 Å². The summed E-state index contributed by atoms with van der Waals surface area (Å²) in [6.07, 6.45) is 0. The number of hydrogen-bond donors (Lipinski definition) is 1. The summed E-state index contributed by atoms with van der Waals surface area (Å²) in [4.78, 5) is 1.51. The zero-order valence-corrected chi connectivity index (χ0v) is 13.4. The van der Waals surface area contributed by atoms with Crippen molar-refractivity contribution in [3.63, 3.8) is 0 Å². The maximum Gasteiger partial charge on any atom is 0.149 e. The average molecular weight is 288 g/mol. The number of hydrogen-bond acceptors (Lipinski definition) is 2. The van der Waals surface area contributed by atoms with Crippen molar-refractivity contribution >= 4 is 0 Å². The van der Waals surface area contributed by atoms with E-state index in [1.165, 1.54) is 16.0 Å². The Bertz CT molecular complexity index is 508. The Hall–Kier alpha value is -1.50. The molecule has 0 amide bonds. The van der Waals surface area contributed by atoms with Crippen LogP contribution in [0.25, 0.3) is 0 Å². The lowest BCUT2D eigenvalue weighted by atomic mass is 10.0. The van der Waals surface area contributed by atoms with Gasteiger partial charge < -0.3 is 14.4 Å². The summed E-state index contributed by atoms with van der Waals surface area (Å²) in [5.74, 6) is 7.79. The van der Waals surface area contributed by atoms with Crippen molar-refractivity contribution in [1.29, 1.82) is 0 Å². The maximum atomic E-state index is 5.86. The lowest BCUT2D eigenvalue weighted by Gasteiger charge is -2.21. The molecule has 1 aliphatic heterocycles. The van der Waals surface area contributed by atoms with Crippen LogP contribution in [0.4, 0.5) is 0 Å². The Morgan fingerprint density at radius 3 is 2.71 bits per heavy atom. The Morgan fingerprint density at radius 1 is 1.24 bits per heavy atom. The van der Waals surface area contributed by atoms with Crippen LogP contribution in [0.2, 0.25) is 0 Å². The second-order valence-corrected chi connectivity index (χ2v) is 5.88. The first kappa shape index (κ1) is 15.9. The molecule has 0 unspecified atom stereocenters. The van der Waals surface area contributed by atoms with Crippen molar-refractivity contribution in [2.75, 3.05) is 39.5 Å². The summed E-state index contributed by atoms with van der Waals surface area (Å²) in [6, 6.07) is 6.39. The van der Waals surface area contributed by atoms with Gasteiger partial charge >= 0.3 is 0 Å². The highest BCUT2D eigenvalue weighted by Gasteiger charge is 2.11. The van der Waals surface area contributed by atoms with E-state index in [4.69, 9.17) is 9.47 Å². The van der Waals surface area contributed by atoms with Crippen molar-refractivity contribution in [3.05, 3.63) is 29.3 Å². The van der Waals surface area contributed by atoms with Crippen LogP contribution in [0.15, 0.2) is 18.2 Å². The van der Waals surface area contributed by atoms with Gasteiger partial charge in [-0.05, 0) is 36.0 Å². The molecule has 114 valence electrons. The first-order valence-electron chi connectivity index (χ1n) is 7.77. The van der Waals surface area contributed by atoms with Gasteiger partial charge in [0.1, 0.15) is 32.0 Å². The molecule has 1 aromatic carbocycles. The number of nitrogens with one attached hydrogen (secondary N) is 1. The van der Waals surface area contributed by atoms with E-state index in [0.29, 0.717) is 12.5 Å². The molecular formula is C18H26NO2+. The van der Waals surface area contributed by atoms with Gasteiger partial charge in [-0.25, -0.2) is 0 Å². The highest BCUT2D eigenvalue weighted by Crippen LogP contribution is 2.27. The number of morpholine rings is 1. The second-order valence-electron chi connectivity index (χ2n) is 5.88. The van der Waals surface area contributed by atoms with Gasteiger partial charge in [-0.2, -0.15) is 0 Å². The molecule has 0 aliphatic carbocycles. The van der Waals surface area contributed by atoms with E-state index in [1.54, 1.807) is 0 Å². The van der Waals surface area contributed by atoms with Crippen molar-refractivity contribution in [3.8, 4) is 17.6 Å². The van der Waals surface area contributed by atoms with Gasteiger partial charge in [0.2, 0.25) is 0 Å². The molecule has 0 radical (unpaired) electrons. The number of ether oxygens (including phenoxy) is 2. The van der Waals surface area contributed by atoms with Gasteiger partial charge in [0, 0.05) is 0 Å². The SMILES string of the molecule is Cc1ccc(C(C)C)c(OCC#CC[NH+]2CCOCC2)c1. The summed E-state index contributed by atoms with van der Waals surface area (Å²) in [6.45, 7) is 11.6. The highest BCUT2D eigenvalue weighted by atomic mass is 16.5. The quantitative estimate of drug-likeness (QED) is 0.847. The minimum Gasteiger partial charge on any atom is -0.481 e. The van der Waals surface area contributed by atoms with Crippen LogP contribution in [0.5, 0.6) is 5.75 Å². The van der Waals surface area contributed by atoms with Crippen molar-refractivity contribution in [1.82, 2.24) is 0 Å². The van der Waals surface area contributed by atoms with Gasteiger partial charge in [0.15, 0.2) is 0 Å². The molecule has 0 aromatic heterocycles. The number of quaternary nitrogens is 1. The molecule has 1 aromatic rings. The van der Waals surface area contributed by atoms with E-state index >= 15 is 0 Å². The number of aryl methyl sites for hydroxylation is 1. The molecule has 1 saturated heterocycles. The summed E-state index contributed by atoms with van der Waals surface area (Å²) in [7, 11) is 0. The summed E-state index contributed by atoms with van der Waals surface area (Å²) < 4.78 is 11.2. The molecule has 1 heterocycles. The van der Waals surface area contributed by atoms with Gasteiger partial charge in [0.25, 0.3) is 0 Å². The lowest BCUT2D eigenvalue weighted by Crippen LogP contribution is -3.14. The van der Waals surface area contributed by atoms with Crippen LogP contribution in [0, 0.1) is 18.8 Å². The zero-order valence-electron chi connectivity index (χ0n) is 13.4.